The minimum atomic E-state index is -0.359. The van der Waals surface area contributed by atoms with Crippen LogP contribution in [0.4, 0.5) is 5.82 Å². The first-order valence-electron chi connectivity index (χ1n) is 9.94. The van der Waals surface area contributed by atoms with Gasteiger partial charge in [-0.1, -0.05) is 48.5 Å². The number of fused-ring (bicyclic) bond motifs is 2. The molecule has 2 aromatic carbocycles. The SMILES string of the molecule is O=C(Cn1nc2c(c1NC(=O)c1cc3ccccc3o1)CSC2)NCc1ccccc1. The molecule has 2 N–H and O–H groups in total. The fourth-order valence-electron chi connectivity index (χ4n) is 3.57. The van der Waals surface area contributed by atoms with Crippen molar-refractivity contribution in [3.05, 3.63) is 83.2 Å². The second kappa shape index (κ2) is 8.31. The summed E-state index contributed by atoms with van der Waals surface area (Å²) in [5, 5.41) is 11.3. The van der Waals surface area contributed by atoms with Gasteiger partial charge in [-0.15, -0.1) is 0 Å². The smallest absolute Gasteiger partial charge is 0.292 e. The summed E-state index contributed by atoms with van der Waals surface area (Å²) in [7, 11) is 0. The van der Waals surface area contributed by atoms with Crippen LogP contribution in [0, 0.1) is 0 Å². The lowest BCUT2D eigenvalue weighted by Crippen LogP contribution is -2.28. The Bertz CT molecular complexity index is 1230. The van der Waals surface area contributed by atoms with Crippen molar-refractivity contribution >= 4 is 40.4 Å². The second-order valence-electron chi connectivity index (χ2n) is 7.29. The lowest BCUT2D eigenvalue weighted by atomic mass is 10.2. The van der Waals surface area contributed by atoms with Crippen LogP contribution in [0.15, 0.2) is 65.1 Å². The number of nitrogens with one attached hydrogen (secondary N) is 2. The number of furan rings is 1. The second-order valence-corrected chi connectivity index (χ2v) is 8.27. The molecule has 0 atom stereocenters. The van der Waals surface area contributed by atoms with E-state index in [-0.39, 0.29) is 24.1 Å². The molecule has 0 saturated heterocycles. The van der Waals surface area contributed by atoms with Gasteiger partial charge in [0, 0.05) is 29.0 Å². The van der Waals surface area contributed by atoms with E-state index in [1.807, 2.05) is 54.6 Å². The molecule has 4 aromatic rings. The van der Waals surface area contributed by atoms with E-state index < -0.39 is 0 Å². The molecule has 0 unspecified atom stereocenters. The number of para-hydroxylation sites is 1. The maximum absolute atomic E-state index is 12.9. The predicted molar refractivity (Wildman–Crippen MR) is 120 cm³/mol. The Hall–Kier alpha value is -3.52. The zero-order valence-corrected chi connectivity index (χ0v) is 17.4. The van der Waals surface area contributed by atoms with Crippen molar-refractivity contribution < 1.29 is 14.0 Å². The number of hydrogen-bond acceptors (Lipinski definition) is 5. The zero-order valence-electron chi connectivity index (χ0n) is 16.6. The van der Waals surface area contributed by atoms with E-state index in [1.165, 1.54) is 0 Å². The third-order valence-corrected chi connectivity index (χ3v) is 6.10. The van der Waals surface area contributed by atoms with Crippen molar-refractivity contribution in [3.63, 3.8) is 0 Å². The molecule has 0 radical (unpaired) electrons. The average molecular weight is 433 g/mol. The lowest BCUT2D eigenvalue weighted by Gasteiger charge is -2.11. The highest BCUT2D eigenvalue weighted by molar-refractivity contribution is 7.98. The normalized spacial score (nSPS) is 12.6. The Morgan fingerprint density at radius 1 is 1.06 bits per heavy atom. The average Bonchev–Trinajstić information content (AvgIpc) is 3.49. The van der Waals surface area contributed by atoms with Crippen molar-refractivity contribution in [2.75, 3.05) is 5.32 Å². The van der Waals surface area contributed by atoms with Gasteiger partial charge in [0.05, 0.1) is 5.69 Å². The first kappa shape index (κ1) is 19.4. The summed E-state index contributed by atoms with van der Waals surface area (Å²) in [6.45, 7) is 0.470. The van der Waals surface area contributed by atoms with Gasteiger partial charge in [-0.25, -0.2) is 4.68 Å². The van der Waals surface area contributed by atoms with Crippen molar-refractivity contribution in [3.8, 4) is 0 Å². The van der Waals surface area contributed by atoms with Gasteiger partial charge in [-0.2, -0.15) is 16.9 Å². The molecule has 156 valence electrons. The molecule has 8 heteroatoms. The molecule has 1 aliphatic rings. The molecule has 2 amide bonds. The zero-order chi connectivity index (χ0) is 21.2. The van der Waals surface area contributed by atoms with Gasteiger partial charge in [0.25, 0.3) is 5.91 Å². The van der Waals surface area contributed by atoms with Gasteiger partial charge in [0.2, 0.25) is 5.91 Å². The topological polar surface area (TPSA) is 89.2 Å². The number of carbonyl (C=O) groups excluding carboxylic acids is 2. The lowest BCUT2D eigenvalue weighted by molar-refractivity contribution is -0.122. The molecule has 0 saturated carbocycles. The van der Waals surface area contributed by atoms with Crippen molar-refractivity contribution in [1.29, 1.82) is 0 Å². The highest BCUT2D eigenvalue weighted by atomic mass is 32.2. The van der Waals surface area contributed by atoms with Crippen LogP contribution in [0.1, 0.15) is 27.4 Å². The number of anilines is 1. The van der Waals surface area contributed by atoms with Crippen molar-refractivity contribution in [2.45, 2.75) is 24.6 Å². The molecule has 31 heavy (non-hydrogen) atoms. The van der Waals surface area contributed by atoms with Crippen molar-refractivity contribution in [1.82, 2.24) is 15.1 Å². The van der Waals surface area contributed by atoms with E-state index in [1.54, 1.807) is 22.5 Å². The van der Waals surface area contributed by atoms with Gasteiger partial charge < -0.3 is 15.1 Å². The maximum atomic E-state index is 12.9. The number of benzene rings is 2. The van der Waals surface area contributed by atoms with Crippen LogP contribution in [0.25, 0.3) is 11.0 Å². The summed E-state index contributed by atoms with van der Waals surface area (Å²) < 4.78 is 7.25. The van der Waals surface area contributed by atoms with Crippen molar-refractivity contribution in [2.24, 2.45) is 0 Å². The highest BCUT2D eigenvalue weighted by Gasteiger charge is 2.26. The van der Waals surface area contributed by atoms with Gasteiger partial charge in [0.15, 0.2) is 5.76 Å². The number of amides is 2. The van der Waals surface area contributed by atoms with Crippen LogP contribution in [0.3, 0.4) is 0 Å². The van der Waals surface area contributed by atoms with E-state index in [2.05, 4.69) is 15.7 Å². The standard InChI is InChI=1S/C23H20N4O3S/c28-21(24-11-15-6-2-1-3-7-15)12-27-22(17-13-31-14-18(17)26-27)25-23(29)20-10-16-8-4-5-9-19(16)30-20/h1-10H,11-14H2,(H,24,28)(H,25,29). The molecule has 3 heterocycles. The Morgan fingerprint density at radius 2 is 1.87 bits per heavy atom. The number of rotatable bonds is 6. The molecule has 7 nitrogen and oxygen atoms in total. The van der Waals surface area contributed by atoms with Gasteiger partial charge in [0.1, 0.15) is 17.9 Å². The summed E-state index contributed by atoms with van der Waals surface area (Å²) in [5.74, 6) is 1.76. The third-order valence-electron chi connectivity index (χ3n) is 5.13. The maximum Gasteiger partial charge on any atom is 0.292 e. The van der Waals surface area contributed by atoms with E-state index in [0.717, 1.165) is 33.7 Å². The van der Waals surface area contributed by atoms with E-state index in [9.17, 15) is 9.59 Å². The molecule has 2 aromatic heterocycles. The van der Waals surface area contributed by atoms with Crippen LogP contribution in [-0.4, -0.2) is 21.6 Å². The molecule has 0 spiro atoms. The number of aromatic nitrogens is 2. The Morgan fingerprint density at radius 3 is 2.71 bits per heavy atom. The number of hydrogen-bond donors (Lipinski definition) is 2. The minimum Gasteiger partial charge on any atom is -0.451 e. The van der Waals surface area contributed by atoms with Crippen LogP contribution < -0.4 is 10.6 Å². The summed E-state index contributed by atoms with van der Waals surface area (Å²) in [4.78, 5) is 25.4. The molecule has 0 aliphatic carbocycles. The largest absolute Gasteiger partial charge is 0.451 e. The fraction of sp³-hybridized carbons (Fsp3) is 0.174. The Kier molecular flexibility index (Phi) is 5.21. The Balaban J connectivity index is 1.33. The van der Waals surface area contributed by atoms with Crippen LogP contribution >= 0.6 is 11.8 Å². The summed E-state index contributed by atoms with van der Waals surface area (Å²) in [6, 6.07) is 18.9. The molecule has 1 aliphatic heterocycles. The summed E-state index contributed by atoms with van der Waals surface area (Å²) in [5.41, 5.74) is 3.54. The summed E-state index contributed by atoms with van der Waals surface area (Å²) in [6.07, 6.45) is 0. The fourth-order valence-corrected chi connectivity index (χ4v) is 4.61. The monoisotopic (exact) mass is 432 g/mol. The quantitative estimate of drug-likeness (QED) is 0.482. The molecular formula is C23H20N4O3S. The third kappa shape index (κ3) is 4.06. The molecular weight excluding hydrogens is 412 g/mol. The molecule has 5 rings (SSSR count). The highest BCUT2D eigenvalue weighted by Crippen LogP contribution is 2.35. The van der Waals surface area contributed by atoms with Gasteiger partial charge in [-0.05, 0) is 17.7 Å². The first-order valence-corrected chi connectivity index (χ1v) is 11.1. The van der Waals surface area contributed by atoms with E-state index in [4.69, 9.17) is 4.42 Å². The number of thioether (sulfide) groups is 1. The van der Waals surface area contributed by atoms with E-state index >= 15 is 0 Å². The van der Waals surface area contributed by atoms with Gasteiger partial charge in [-0.3, -0.25) is 9.59 Å². The summed E-state index contributed by atoms with van der Waals surface area (Å²) >= 11 is 1.73. The van der Waals surface area contributed by atoms with Crippen LogP contribution in [-0.2, 0) is 29.4 Å². The minimum absolute atomic E-state index is 0.0280. The first-order chi connectivity index (χ1) is 15.2. The number of carbonyl (C=O) groups is 2. The molecule has 0 fully saturated rings. The van der Waals surface area contributed by atoms with Crippen LogP contribution in [0.5, 0.6) is 0 Å². The Labute approximate surface area is 182 Å². The van der Waals surface area contributed by atoms with Crippen LogP contribution in [0.2, 0.25) is 0 Å². The van der Waals surface area contributed by atoms with Gasteiger partial charge >= 0.3 is 0 Å². The number of nitrogens with zero attached hydrogens (tertiary/aromatic N) is 2. The predicted octanol–water partition coefficient (Wildman–Crippen LogP) is 3.94. The molecule has 0 bridgehead atoms. The van der Waals surface area contributed by atoms with E-state index in [0.29, 0.717) is 17.9 Å².